The van der Waals surface area contributed by atoms with Crippen molar-refractivity contribution in [2.24, 2.45) is 0 Å². The zero-order valence-corrected chi connectivity index (χ0v) is 15.1. The van der Waals surface area contributed by atoms with Crippen LogP contribution in [0, 0.1) is 0 Å². The molecule has 1 aromatic carbocycles. The summed E-state index contributed by atoms with van der Waals surface area (Å²) in [4.78, 5) is 12.1. The maximum Gasteiger partial charge on any atom is 0.435 e. The number of hydrogen-bond acceptors (Lipinski definition) is 3. The van der Waals surface area contributed by atoms with Crippen molar-refractivity contribution in [3.8, 4) is 5.69 Å². The summed E-state index contributed by atoms with van der Waals surface area (Å²) in [6.07, 6.45) is -1.21. The highest BCUT2D eigenvalue weighted by Gasteiger charge is 2.39. The lowest BCUT2D eigenvalue weighted by atomic mass is 9.95. The van der Waals surface area contributed by atoms with Crippen LogP contribution in [0.3, 0.4) is 0 Å². The Morgan fingerprint density at radius 1 is 1.22 bits per heavy atom. The first-order valence-corrected chi connectivity index (χ1v) is 8.97. The Balaban J connectivity index is 1.81. The minimum Gasteiger partial charge on any atom is -0.385 e. The number of benzene rings is 1. The molecule has 3 rings (SSSR count). The van der Waals surface area contributed by atoms with Crippen molar-refractivity contribution < 1.29 is 22.7 Å². The number of alkyl halides is 3. The first-order chi connectivity index (χ1) is 12.9. The quantitative estimate of drug-likeness (QED) is 0.779. The third kappa shape index (κ3) is 4.32. The van der Waals surface area contributed by atoms with Crippen LogP contribution in [-0.4, -0.2) is 35.9 Å². The molecular weight excluding hydrogens is 359 g/mol. The van der Waals surface area contributed by atoms with E-state index < -0.39 is 11.9 Å². The van der Waals surface area contributed by atoms with Gasteiger partial charge < -0.3 is 10.1 Å². The molecule has 27 heavy (non-hydrogen) atoms. The molecule has 1 N–H and O–H groups in total. The highest BCUT2D eigenvalue weighted by Crippen LogP contribution is 2.36. The molecule has 0 fully saturated rings. The lowest BCUT2D eigenvalue weighted by Crippen LogP contribution is -2.25. The van der Waals surface area contributed by atoms with Gasteiger partial charge in [0.05, 0.1) is 5.69 Å². The fourth-order valence-corrected chi connectivity index (χ4v) is 3.31. The maximum absolute atomic E-state index is 13.3. The van der Waals surface area contributed by atoms with Crippen LogP contribution in [-0.2, 0) is 23.8 Å². The lowest BCUT2D eigenvalue weighted by Gasteiger charge is -2.15. The molecule has 2 aromatic rings. The molecule has 0 bridgehead atoms. The van der Waals surface area contributed by atoms with E-state index >= 15 is 0 Å². The van der Waals surface area contributed by atoms with Crippen LogP contribution in [0.1, 0.15) is 46.6 Å². The number of carbonyl (C=O) groups excluding carboxylic acids is 1. The van der Waals surface area contributed by atoms with Crippen LogP contribution in [0.15, 0.2) is 24.3 Å². The maximum atomic E-state index is 13.3. The largest absolute Gasteiger partial charge is 0.435 e. The minimum absolute atomic E-state index is 0.226. The zero-order valence-electron chi connectivity index (χ0n) is 15.1. The van der Waals surface area contributed by atoms with Gasteiger partial charge in [0, 0.05) is 37.1 Å². The second-order valence-electron chi connectivity index (χ2n) is 6.54. The number of carbonyl (C=O) groups is 1. The predicted molar refractivity (Wildman–Crippen MR) is 94.0 cm³/mol. The average Bonchev–Trinajstić information content (AvgIpc) is 3.05. The highest BCUT2D eigenvalue weighted by atomic mass is 19.4. The molecule has 0 saturated heterocycles. The SMILES string of the molecule is COCCCNC(=O)c1ccc(-n2nc(C(F)(F)F)c3c2CCCC3)cc1. The van der Waals surface area contributed by atoms with Gasteiger partial charge in [0.15, 0.2) is 5.69 Å². The molecule has 1 aliphatic rings. The first-order valence-electron chi connectivity index (χ1n) is 8.97. The Kier molecular flexibility index (Phi) is 5.84. The molecule has 8 heteroatoms. The monoisotopic (exact) mass is 381 g/mol. The van der Waals surface area contributed by atoms with Gasteiger partial charge in [-0.1, -0.05) is 0 Å². The molecular formula is C19H22F3N3O2. The third-order valence-corrected chi connectivity index (χ3v) is 4.63. The summed E-state index contributed by atoms with van der Waals surface area (Å²) in [6.45, 7) is 1.06. The Morgan fingerprint density at radius 2 is 1.93 bits per heavy atom. The summed E-state index contributed by atoms with van der Waals surface area (Å²) < 4.78 is 46.2. The number of nitrogens with one attached hydrogen (secondary N) is 1. The van der Waals surface area contributed by atoms with Gasteiger partial charge in [0.2, 0.25) is 0 Å². The van der Waals surface area contributed by atoms with Gasteiger partial charge in [-0.3, -0.25) is 4.79 Å². The summed E-state index contributed by atoms with van der Waals surface area (Å²) in [6, 6.07) is 6.47. The van der Waals surface area contributed by atoms with Crippen LogP contribution < -0.4 is 5.32 Å². The number of rotatable bonds is 6. The van der Waals surface area contributed by atoms with E-state index in [1.54, 1.807) is 31.4 Å². The smallest absolute Gasteiger partial charge is 0.385 e. The van der Waals surface area contributed by atoms with Gasteiger partial charge in [-0.2, -0.15) is 18.3 Å². The second kappa shape index (κ2) is 8.12. The Bertz CT molecular complexity index is 798. The number of ether oxygens (including phenoxy) is 1. The summed E-state index contributed by atoms with van der Waals surface area (Å²) in [5.74, 6) is -0.226. The van der Waals surface area contributed by atoms with E-state index in [1.165, 1.54) is 4.68 Å². The number of nitrogens with zero attached hydrogens (tertiary/aromatic N) is 2. The van der Waals surface area contributed by atoms with Gasteiger partial charge in [0.25, 0.3) is 5.91 Å². The van der Waals surface area contributed by atoms with E-state index in [0.717, 1.165) is 12.8 Å². The average molecular weight is 381 g/mol. The fourth-order valence-electron chi connectivity index (χ4n) is 3.31. The van der Waals surface area contributed by atoms with Crippen molar-refractivity contribution in [3.63, 3.8) is 0 Å². The zero-order chi connectivity index (χ0) is 19.4. The van der Waals surface area contributed by atoms with Crippen molar-refractivity contribution in [1.82, 2.24) is 15.1 Å². The summed E-state index contributed by atoms with van der Waals surface area (Å²) in [5.41, 5.74) is 1.10. The van der Waals surface area contributed by atoms with Crippen molar-refractivity contribution in [2.75, 3.05) is 20.3 Å². The molecule has 5 nitrogen and oxygen atoms in total. The molecule has 0 radical (unpaired) electrons. The van der Waals surface area contributed by atoms with Crippen molar-refractivity contribution in [3.05, 3.63) is 46.8 Å². The Hall–Kier alpha value is -2.35. The van der Waals surface area contributed by atoms with Crippen molar-refractivity contribution >= 4 is 5.91 Å². The topological polar surface area (TPSA) is 56.1 Å². The van der Waals surface area contributed by atoms with Gasteiger partial charge in [-0.15, -0.1) is 0 Å². The van der Waals surface area contributed by atoms with Crippen LogP contribution in [0.2, 0.25) is 0 Å². The summed E-state index contributed by atoms with van der Waals surface area (Å²) in [5, 5.41) is 6.63. The van der Waals surface area contributed by atoms with Gasteiger partial charge in [-0.05, 0) is 56.4 Å². The number of hydrogen-bond donors (Lipinski definition) is 1. The van der Waals surface area contributed by atoms with E-state index in [2.05, 4.69) is 10.4 Å². The highest BCUT2D eigenvalue weighted by molar-refractivity contribution is 5.94. The second-order valence-corrected chi connectivity index (χ2v) is 6.54. The van der Waals surface area contributed by atoms with Crippen molar-refractivity contribution in [2.45, 2.75) is 38.3 Å². The Labute approximate surface area is 155 Å². The van der Waals surface area contributed by atoms with Crippen LogP contribution >= 0.6 is 0 Å². The molecule has 1 amide bonds. The van der Waals surface area contributed by atoms with E-state index in [9.17, 15) is 18.0 Å². The van der Waals surface area contributed by atoms with E-state index in [0.29, 0.717) is 54.9 Å². The molecule has 1 heterocycles. The molecule has 0 aliphatic heterocycles. The summed E-state index contributed by atoms with van der Waals surface area (Å²) in [7, 11) is 1.60. The molecule has 0 spiro atoms. The van der Waals surface area contributed by atoms with Gasteiger partial charge in [0.1, 0.15) is 0 Å². The molecule has 0 saturated carbocycles. The van der Waals surface area contributed by atoms with Gasteiger partial charge >= 0.3 is 6.18 Å². The lowest BCUT2D eigenvalue weighted by molar-refractivity contribution is -0.142. The van der Waals surface area contributed by atoms with E-state index in [-0.39, 0.29) is 5.91 Å². The normalized spacial score (nSPS) is 14.1. The number of amides is 1. The molecule has 1 aliphatic carbocycles. The number of aromatic nitrogens is 2. The van der Waals surface area contributed by atoms with Crippen LogP contribution in [0.25, 0.3) is 5.69 Å². The first kappa shape index (κ1) is 19.4. The van der Waals surface area contributed by atoms with Crippen molar-refractivity contribution in [1.29, 1.82) is 0 Å². The van der Waals surface area contributed by atoms with E-state index in [1.807, 2.05) is 0 Å². The predicted octanol–water partition coefficient (Wildman–Crippen LogP) is 3.54. The Morgan fingerprint density at radius 3 is 2.59 bits per heavy atom. The fraction of sp³-hybridized carbons (Fsp3) is 0.474. The molecule has 1 aromatic heterocycles. The van der Waals surface area contributed by atoms with Gasteiger partial charge in [-0.25, -0.2) is 4.68 Å². The number of methoxy groups -OCH3 is 1. The summed E-state index contributed by atoms with van der Waals surface area (Å²) >= 11 is 0. The standard InChI is InChI=1S/C19H22F3N3O2/c1-27-12-4-11-23-18(26)13-7-9-14(10-8-13)25-16-6-3-2-5-15(16)17(24-25)19(20,21)22/h7-10H,2-6,11-12H2,1H3,(H,23,26). The van der Waals surface area contributed by atoms with Crippen LogP contribution in [0.5, 0.6) is 0 Å². The number of fused-ring (bicyclic) bond motifs is 1. The molecule has 146 valence electrons. The van der Waals surface area contributed by atoms with Crippen LogP contribution in [0.4, 0.5) is 13.2 Å². The molecule has 0 atom stereocenters. The minimum atomic E-state index is -4.46. The van der Waals surface area contributed by atoms with E-state index in [4.69, 9.17) is 4.74 Å². The third-order valence-electron chi connectivity index (χ3n) is 4.63. The molecule has 0 unspecified atom stereocenters. The number of halogens is 3.